The number of hydrogen-bond acceptors (Lipinski definition) is 2. The van der Waals surface area contributed by atoms with Crippen LogP contribution < -0.4 is 0 Å². The normalized spacial score (nSPS) is 13.8. The molecule has 1 heterocycles. The lowest BCUT2D eigenvalue weighted by Gasteiger charge is -2.08. The van der Waals surface area contributed by atoms with E-state index in [9.17, 15) is 0 Å². The van der Waals surface area contributed by atoms with E-state index in [-0.39, 0.29) is 0 Å². The maximum absolute atomic E-state index is 8.97. The molecule has 1 aliphatic rings. The molecule has 0 spiro atoms. The summed E-state index contributed by atoms with van der Waals surface area (Å²) in [6, 6.07) is 2.15. The Bertz CT molecular complexity index is 418. The highest BCUT2D eigenvalue weighted by molar-refractivity contribution is 6.30. The van der Waals surface area contributed by atoms with Gasteiger partial charge in [0.15, 0.2) is 0 Å². The van der Waals surface area contributed by atoms with Gasteiger partial charge in [0.05, 0.1) is 5.56 Å². The van der Waals surface area contributed by atoms with Gasteiger partial charge < -0.3 is 0 Å². The zero-order chi connectivity index (χ0) is 10.1. The number of hydrogen-bond donors (Lipinski definition) is 0. The highest BCUT2D eigenvalue weighted by Gasteiger charge is 2.21. The second kappa shape index (κ2) is 3.59. The SMILES string of the molecule is CCc1nc(Cl)c(C#N)c2c1CCC2. The lowest BCUT2D eigenvalue weighted by atomic mass is 10.0. The molecule has 0 atom stereocenters. The molecule has 1 aliphatic carbocycles. The average molecular weight is 207 g/mol. The standard InChI is InChI=1S/C11H11ClN2/c1-2-10-8-5-3-4-7(8)9(6-13)11(12)14-10/h2-5H2,1H3. The molecular formula is C11H11ClN2. The van der Waals surface area contributed by atoms with Crippen LogP contribution in [0.4, 0.5) is 0 Å². The van der Waals surface area contributed by atoms with Crippen LogP contribution in [0.1, 0.15) is 35.7 Å². The molecule has 1 aromatic heterocycles. The van der Waals surface area contributed by atoms with Crippen molar-refractivity contribution in [2.75, 3.05) is 0 Å². The van der Waals surface area contributed by atoms with Crippen molar-refractivity contribution in [2.45, 2.75) is 32.6 Å². The van der Waals surface area contributed by atoms with Crippen LogP contribution in [-0.4, -0.2) is 4.98 Å². The zero-order valence-corrected chi connectivity index (χ0v) is 8.86. The molecule has 0 saturated carbocycles. The molecule has 0 unspecified atom stereocenters. The summed E-state index contributed by atoms with van der Waals surface area (Å²) in [4.78, 5) is 4.28. The third-order valence-corrected chi connectivity index (χ3v) is 3.03. The number of halogens is 1. The van der Waals surface area contributed by atoms with Crippen molar-refractivity contribution in [1.82, 2.24) is 4.98 Å². The first-order valence-corrected chi connectivity index (χ1v) is 5.26. The fourth-order valence-electron chi connectivity index (χ4n) is 2.11. The predicted octanol–water partition coefficient (Wildman–Crippen LogP) is 2.66. The van der Waals surface area contributed by atoms with E-state index in [0.29, 0.717) is 10.7 Å². The number of nitrogens with zero attached hydrogens (tertiary/aromatic N) is 2. The van der Waals surface area contributed by atoms with Crippen molar-refractivity contribution in [3.8, 4) is 6.07 Å². The smallest absolute Gasteiger partial charge is 0.147 e. The predicted molar refractivity (Wildman–Crippen MR) is 55.4 cm³/mol. The third kappa shape index (κ3) is 1.29. The summed E-state index contributed by atoms with van der Waals surface area (Å²) in [5, 5.41) is 9.35. The van der Waals surface area contributed by atoms with Crippen molar-refractivity contribution in [3.05, 3.63) is 27.5 Å². The van der Waals surface area contributed by atoms with Gasteiger partial charge in [-0.15, -0.1) is 0 Å². The van der Waals surface area contributed by atoms with Crippen LogP contribution in [0, 0.1) is 11.3 Å². The Balaban J connectivity index is 2.69. The maximum atomic E-state index is 8.97. The lowest BCUT2D eigenvalue weighted by molar-refractivity contribution is 0.898. The van der Waals surface area contributed by atoms with E-state index in [1.54, 1.807) is 0 Å². The summed E-state index contributed by atoms with van der Waals surface area (Å²) in [5.74, 6) is 0. The maximum Gasteiger partial charge on any atom is 0.147 e. The number of fused-ring (bicyclic) bond motifs is 1. The summed E-state index contributed by atoms with van der Waals surface area (Å²) in [5.41, 5.74) is 4.08. The summed E-state index contributed by atoms with van der Waals surface area (Å²) >= 11 is 5.96. The Kier molecular flexibility index (Phi) is 2.43. The van der Waals surface area contributed by atoms with Crippen LogP contribution in [0.3, 0.4) is 0 Å². The molecule has 0 aromatic carbocycles. The van der Waals surface area contributed by atoms with E-state index < -0.39 is 0 Å². The Morgan fingerprint density at radius 1 is 1.43 bits per heavy atom. The highest BCUT2D eigenvalue weighted by atomic mass is 35.5. The van der Waals surface area contributed by atoms with Crippen molar-refractivity contribution in [2.24, 2.45) is 0 Å². The molecule has 1 aromatic rings. The number of nitriles is 1. The van der Waals surface area contributed by atoms with Gasteiger partial charge >= 0.3 is 0 Å². The fourth-order valence-corrected chi connectivity index (χ4v) is 2.37. The topological polar surface area (TPSA) is 36.7 Å². The van der Waals surface area contributed by atoms with Crippen LogP contribution in [0.2, 0.25) is 5.15 Å². The van der Waals surface area contributed by atoms with Crippen molar-refractivity contribution >= 4 is 11.6 Å². The van der Waals surface area contributed by atoms with Gasteiger partial charge in [0.2, 0.25) is 0 Å². The summed E-state index contributed by atoms with van der Waals surface area (Å²) in [6.07, 6.45) is 4.05. The van der Waals surface area contributed by atoms with Crippen molar-refractivity contribution in [3.63, 3.8) is 0 Å². The molecule has 0 N–H and O–H groups in total. The van der Waals surface area contributed by atoms with Gasteiger partial charge in [0, 0.05) is 5.69 Å². The first-order valence-electron chi connectivity index (χ1n) is 4.88. The first kappa shape index (κ1) is 9.48. The van der Waals surface area contributed by atoms with E-state index >= 15 is 0 Å². The molecule has 0 amide bonds. The van der Waals surface area contributed by atoms with Gasteiger partial charge in [-0.3, -0.25) is 0 Å². The Morgan fingerprint density at radius 3 is 2.79 bits per heavy atom. The molecular weight excluding hydrogens is 196 g/mol. The van der Waals surface area contributed by atoms with Gasteiger partial charge in [-0.2, -0.15) is 5.26 Å². The van der Waals surface area contributed by atoms with Crippen molar-refractivity contribution in [1.29, 1.82) is 5.26 Å². The summed E-state index contributed by atoms with van der Waals surface area (Å²) in [6.45, 7) is 2.07. The Labute approximate surface area is 88.5 Å². The molecule has 2 rings (SSSR count). The minimum absolute atomic E-state index is 0.380. The lowest BCUT2D eigenvalue weighted by Crippen LogP contribution is -2.00. The highest BCUT2D eigenvalue weighted by Crippen LogP contribution is 2.31. The second-order valence-electron chi connectivity index (χ2n) is 3.50. The van der Waals surface area contributed by atoms with Crippen LogP contribution in [-0.2, 0) is 19.3 Å². The van der Waals surface area contributed by atoms with E-state index in [2.05, 4.69) is 18.0 Å². The molecule has 72 valence electrons. The van der Waals surface area contributed by atoms with E-state index in [1.165, 1.54) is 5.56 Å². The largest absolute Gasteiger partial charge is 0.239 e. The van der Waals surface area contributed by atoms with Crippen LogP contribution in [0.5, 0.6) is 0 Å². The van der Waals surface area contributed by atoms with Crippen LogP contribution in [0.25, 0.3) is 0 Å². The van der Waals surface area contributed by atoms with E-state index in [4.69, 9.17) is 16.9 Å². The quantitative estimate of drug-likeness (QED) is 0.663. The minimum Gasteiger partial charge on any atom is -0.239 e. The van der Waals surface area contributed by atoms with Gasteiger partial charge in [0.1, 0.15) is 11.2 Å². The first-order chi connectivity index (χ1) is 6.77. The molecule has 0 radical (unpaired) electrons. The molecule has 3 heteroatoms. The molecule has 0 saturated heterocycles. The van der Waals surface area contributed by atoms with Crippen molar-refractivity contribution < 1.29 is 0 Å². The van der Waals surface area contributed by atoms with Gasteiger partial charge in [-0.25, -0.2) is 4.98 Å². The van der Waals surface area contributed by atoms with E-state index in [0.717, 1.165) is 36.9 Å². The van der Waals surface area contributed by atoms with Gasteiger partial charge in [-0.05, 0) is 36.8 Å². The number of aryl methyl sites for hydroxylation is 1. The fraction of sp³-hybridized carbons (Fsp3) is 0.455. The molecule has 0 fully saturated rings. The second-order valence-corrected chi connectivity index (χ2v) is 3.86. The number of rotatable bonds is 1. The summed E-state index contributed by atoms with van der Waals surface area (Å²) in [7, 11) is 0. The molecule has 0 bridgehead atoms. The number of aromatic nitrogens is 1. The average Bonchev–Trinajstić information content (AvgIpc) is 2.65. The van der Waals surface area contributed by atoms with E-state index in [1.807, 2.05) is 0 Å². The Morgan fingerprint density at radius 2 is 2.14 bits per heavy atom. The number of pyridine rings is 1. The monoisotopic (exact) mass is 206 g/mol. The molecule has 2 nitrogen and oxygen atoms in total. The minimum atomic E-state index is 0.380. The summed E-state index contributed by atoms with van der Waals surface area (Å²) < 4.78 is 0. The third-order valence-electron chi connectivity index (χ3n) is 2.75. The van der Waals surface area contributed by atoms with Crippen LogP contribution >= 0.6 is 11.6 Å². The Hall–Kier alpha value is -1.07. The van der Waals surface area contributed by atoms with Gasteiger partial charge in [0.25, 0.3) is 0 Å². The molecule has 14 heavy (non-hydrogen) atoms. The van der Waals surface area contributed by atoms with Crippen LogP contribution in [0.15, 0.2) is 0 Å². The zero-order valence-electron chi connectivity index (χ0n) is 8.10. The molecule has 0 aliphatic heterocycles. The van der Waals surface area contributed by atoms with Gasteiger partial charge in [-0.1, -0.05) is 18.5 Å².